The topological polar surface area (TPSA) is 37.8 Å². The molecule has 1 heterocycles. The van der Waals surface area contributed by atoms with E-state index in [4.69, 9.17) is 0 Å². The van der Waals surface area contributed by atoms with Crippen molar-refractivity contribution in [2.75, 3.05) is 6.54 Å². The Bertz CT molecular complexity index is 593. The highest BCUT2D eigenvalue weighted by atomic mass is 79.9. The first-order valence-electron chi connectivity index (χ1n) is 6.75. The molecule has 3 nitrogen and oxygen atoms in total. The van der Waals surface area contributed by atoms with Gasteiger partial charge in [-0.3, -0.25) is 0 Å². The minimum absolute atomic E-state index is 0.0524. The number of aromatic nitrogens is 2. The average Bonchev–Trinajstić information content (AvgIpc) is 2.51. The monoisotopic (exact) mass is 355 g/mol. The van der Waals surface area contributed by atoms with Crippen molar-refractivity contribution >= 4 is 15.9 Å². The molecule has 1 aromatic carbocycles. The van der Waals surface area contributed by atoms with Crippen molar-refractivity contribution in [3.8, 4) is 0 Å². The molecular weight excluding hydrogens is 340 g/mol. The van der Waals surface area contributed by atoms with Gasteiger partial charge in [-0.25, -0.2) is 18.7 Å². The number of hydrogen-bond acceptors (Lipinski definition) is 3. The highest BCUT2D eigenvalue weighted by Gasteiger charge is 2.19. The molecule has 0 saturated carbocycles. The summed E-state index contributed by atoms with van der Waals surface area (Å²) in [5, 5.41) is 3.27. The number of nitrogens with one attached hydrogen (secondary N) is 1. The van der Waals surface area contributed by atoms with Gasteiger partial charge in [0.05, 0.1) is 16.2 Å². The van der Waals surface area contributed by atoms with Gasteiger partial charge in [0.25, 0.3) is 0 Å². The Kier molecular flexibility index (Phi) is 5.76. The lowest BCUT2D eigenvalue weighted by molar-refractivity contribution is 0.481. The van der Waals surface area contributed by atoms with Crippen molar-refractivity contribution in [2.45, 2.75) is 25.8 Å². The molecule has 6 heteroatoms. The van der Waals surface area contributed by atoms with Crippen LogP contribution in [0.15, 0.2) is 35.2 Å². The van der Waals surface area contributed by atoms with E-state index in [1.54, 1.807) is 12.3 Å². The van der Waals surface area contributed by atoms with Gasteiger partial charge in [-0.15, -0.1) is 0 Å². The smallest absolute Gasteiger partial charge is 0.143 e. The molecule has 1 aromatic heterocycles. The lowest BCUT2D eigenvalue weighted by atomic mass is 10.0. The van der Waals surface area contributed by atoms with E-state index in [0.717, 1.165) is 18.7 Å². The maximum atomic E-state index is 14.1. The third-order valence-electron chi connectivity index (χ3n) is 3.15. The van der Waals surface area contributed by atoms with E-state index in [1.165, 1.54) is 18.5 Å². The fourth-order valence-corrected chi connectivity index (χ4v) is 2.44. The second-order valence-electron chi connectivity index (χ2n) is 4.67. The molecule has 1 N–H and O–H groups in total. The fourth-order valence-electron chi connectivity index (χ4n) is 2.07. The molecule has 1 unspecified atom stereocenters. The number of benzene rings is 1. The minimum Gasteiger partial charge on any atom is -0.308 e. The number of nitrogens with zero attached hydrogens (tertiary/aromatic N) is 2. The maximum Gasteiger partial charge on any atom is 0.143 e. The first-order chi connectivity index (χ1) is 10.1. The van der Waals surface area contributed by atoms with Crippen LogP contribution >= 0.6 is 15.9 Å². The molecule has 112 valence electrons. The van der Waals surface area contributed by atoms with Crippen molar-refractivity contribution < 1.29 is 8.78 Å². The van der Waals surface area contributed by atoms with Gasteiger partial charge >= 0.3 is 0 Å². The molecule has 0 saturated heterocycles. The molecule has 2 aromatic rings. The Morgan fingerprint density at radius 3 is 2.76 bits per heavy atom. The highest BCUT2D eigenvalue weighted by molar-refractivity contribution is 9.10. The van der Waals surface area contributed by atoms with Crippen LogP contribution < -0.4 is 5.32 Å². The molecule has 2 rings (SSSR count). The van der Waals surface area contributed by atoms with Gasteiger partial charge in [0.15, 0.2) is 0 Å². The zero-order valence-electron chi connectivity index (χ0n) is 11.6. The number of rotatable bonds is 6. The Hall–Kier alpha value is -1.40. The standard InChI is InChI=1S/C15H16BrF2N3/c1-2-6-20-14(13-5-7-19-9-21-13)8-10-12(17)4-3-11(16)15(10)18/h3-5,7,9,14,20H,2,6,8H2,1H3. The SMILES string of the molecule is CCCNC(Cc1c(F)ccc(Br)c1F)c1ccncn1. The quantitative estimate of drug-likeness (QED) is 0.800. The number of hydrogen-bond donors (Lipinski definition) is 1. The summed E-state index contributed by atoms with van der Waals surface area (Å²) < 4.78 is 28.3. The summed E-state index contributed by atoms with van der Waals surface area (Å²) in [6, 6.07) is 4.12. The van der Waals surface area contributed by atoms with Crippen molar-refractivity contribution in [1.29, 1.82) is 0 Å². The lowest BCUT2D eigenvalue weighted by Gasteiger charge is -2.19. The van der Waals surface area contributed by atoms with Gasteiger partial charge in [-0.2, -0.15) is 0 Å². The molecule has 0 fully saturated rings. The summed E-state index contributed by atoms with van der Waals surface area (Å²) in [6.45, 7) is 2.77. The summed E-state index contributed by atoms with van der Waals surface area (Å²) in [6.07, 6.45) is 4.17. The fraction of sp³-hybridized carbons (Fsp3) is 0.333. The Morgan fingerprint density at radius 1 is 1.29 bits per heavy atom. The minimum atomic E-state index is -0.563. The summed E-state index contributed by atoms with van der Waals surface area (Å²) in [4.78, 5) is 8.05. The van der Waals surface area contributed by atoms with Crippen molar-refractivity contribution in [3.05, 3.63) is 58.1 Å². The van der Waals surface area contributed by atoms with E-state index in [-0.39, 0.29) is 22.5 Å². The van der Waals surface area contributed by atoms with Crippen LogP contribution in [0.3, 0.4) is 0 Å². The van der Waals surface area contributed by atoms with Gasteiger partial charge in [-0.1, -0.05) is 6.92 Å². The van der Waals surface area contributed by atoms with Crippen LogP contribution in [0.4, 0.5) is 8.78 Å². The van der Waals surface area contributed by atoms with E-state index in [1.807, 2.05) is 6.92 Å². The van der Waals surface area contributed by atoms with Gasteiger partial charge in [0.1, 0.15) is 18.0 Å². The Balaban J connectivity index is 2.29. The summed E-state index contributed by atoms with van der Waals surface area (Å²) >= 11 is 3.09. The van der Waals surface area contributed by atoms with E-state index in [2.05, 4.69) is 31.2 Å². The molecule has 0 aliphatic carbocycles. The molecule has 21 heavy (non-hydrogen) atoms. The van der Waals surface area contributed by atoms with Crippen molar-refractivity contribution in [1.82, 2.24) is 15.3 Å². The summed E-state index contributed by atoms with van der Waals surface area (Å²) in [5.41, 5.74) is 0.772. The van der Waals surface area contributed by atoms with E-state index in [9.17, 15) is 8.78 Å². The first-order valence-corrected chi connectivity index (χ1v) is 7.54. The predicted molar refractivity (Wildman–Crippen MR) is 80.8 cm³/mol. The van der Waals surface area contributed by atoms with E-state index in [0.29, 0.717) is 0 Å². The largest absolute Gasteiger partial charge is 0.308 e. The summed E-state index contributed by atoms with van der Waals surface area (Å²) in [5.74, 6) is -1.11. The Labute approximate surface area is 131 Å². The second-order valence-corrected chi connectivity index (χ2v) is 5.52. The zero-order chi connectivity index (χ0) is 15.2. The van der Waals surface area contributed by atoms with Gasteiger partial charge in [0, 0.05) is 11.8 Å². The van der Waals surface area contributed by atoms with Crippen LogP contribution in [0.25, 0.3) is 0 Å². The van der Waals surface area contributed by atoms with Gasteiger partial charge < -0.3 is 5.32 Å². The Morgan fingerprint density at radius 2 is 2.10 bits per heavy atom. The lowest BCUT2D eigenvalue weighted by Crippen LogP contribution is -2.25. The second kappa shape index (κ2) is 7.56. The molecule has 1 atom stereocenters. The van der Waals surface area contributed by atoms with Crippen LogP contribution in [0, 0.1) is 11.6 Å². The molecule has 0 radical (unpaired) electrons. The van der Waals surface area contributed by atoms with E-state index >= 15 is 0 Å². The van der Waals surface area contributed by atoms with Gasteiger partial charge in [0.2, 0.25) is 0 Å². The molecule has 0 amide bonds. The van der Waals surface area contributed by atoms with E-state index < -0.39 is 11.6 Å². The maximum absolute atomic E-state index is 14.1. The normalized spacial score (nSPS) is 12.4. The van der Waals surface area contributed by atoms with Crippen LogP contribution in [0.2, 0.25) is 0 Å². The van der Waals surface area contributed by atoms with Crippen molar-refractivity contribution in [3.63, 3.8) is 0 Å². The predicted octanol–water partition coefficient (Wildman–Crippen LogP) is 3.80. The third-order valence-corrected chi connectivity index (χ3v) is 3.76. The molecule has 0 aliphatic heterocycles. The zero-order valence-corrected chi connectivity index (χ0v) is 13.2. The third kappa shape index (κ3) is 4.04. The molecular formula is C15H16BrF2N3. The van der Waals surface area contributed by atoms with Crippen LogP contribution in [0.5, 0.6) is 0 Å². The van der Waals surface area contributed by atoms with Crippen molar-refractivity contribution in [2.24, 2.45) is 0 Å². The number of halogens is 3. The molecule has 0 spiro atoms. The van der Waals surface area contributed by atoms with Crippen LogP contribution in [-0.2, 0) is 6.42 Å². The van der Waals surface area contributed by atoms with Gasteiger partial charge in [-0.05, 0) is 53.5 Å². The first kappa shape index (κ1) is 16.0. The molecule has 0 aliphatic rings. The summed E-state index contributed by atoms with van der Waals surface area (Å²) in [7, 11) is 0. The molecule has 0 bridgehead atoms. The highest BCUT2D eigenvalue weighted by Crippen LogP contribution is 2.26. The van der Waals surface area contributed by atoms with Crippen LogP contribution in [0.1, 0.15) is 30.6 Å². The van der Waals surface area contributed by atoms with Crippen LogP contribution in [-0.4, -0.2) is 16.5 Å². The average molecular weight is 356 g/mol.